The van der Waals surface area contributed by atoms with E-state index < -0.39 is 0 Å². The normalized spacial score (nSPS) is 17.8. The molecule has 76 valence electrons. The van der Waals surface area contributed by atoms with Gasteiger partial charge in [0.05, 0.1) is 0 Å². The summed E-state index contributed by atoms with van der Waals surface area (Å²) in [6, 6.07) is 0. The number of hydrogen-bond acceptors (Lipinski definition) is 1. The van der Waals surface area contributed by atoms with Gasteiger partial charge in [0.2, 0.25) is 0 Å². The summed E-state index contributed by atoms with van der Waals surface area (Å²) >= 11 is 0. The minimum Gasteiger partial charge on any atom is -0.317 e. The Morgan fingerprint density at radius 1 is 1.23 bits per heavy atom. The molecule has 0 aromatic carbocycles. The standard InChI is InChI=1S/C12H23N/c1-2-3-6-10-13-11-9-12-7-4-5-8-12/h2,12-13H,1,3-11H2. The maximum absolute atomic E-state index is 3.71. The number of nitrogens with one attached hydrogen (secondary N) is 1. The van der Waals surface area contributed by atoms with Gasteiger partial charge in [-0.05, 0) is 38.3 Å². The van der Waals surface area contributed by atoms with Crippen LogP contribution in [0, 0.1) is 5.92 Å². The van der Waals surface area contributed by atoms with Crippen LogP contribution in [0.1, 0.15) is 44.9 Å². The molecule has 0 amide bonds. The summed E-state index contributed by atoms with van der Waals surface area (Å²) in [6.45, 7) is 6.10. The Morgan fingerprint density at radius 3 is 2.69 bits per heavy atom. The van der Waals surface area contributed by atoms with Crippen molar-refractivity contribution in [1.82, 2.24) is 5.32 Å². The first-order valence-corrected chi connectivity index (χ1v) is 5.75. The topological polar surface area (TPSA) is 12.0 Å². The van der Waals surface area contributed by atoms with Crippen LogP contribution in [-0.2, 0) is 0 Å². The average molecular weight is 181 g/mol. The van der Waals surface area contributed by atoms with Gasteiger partial charge in [0.25, 0.3) is 0 Å². The van der Waals surface area contributed by atoms with E-state index in [4.69, 9.17) is 0 Å². The molecule has 1 N–H and O–H groups in total. The van der Waals surface area contributed by atoms with Crippen LogP contribution in [0.25, 0.3) is 0 Å². The second-order valence-corrected chi connectivity index (χ2v) is 4.12. The van der Waals surface area contributed by atoms with Crippen molar-refractivity contribution in [2.75, 3.05) is 13.1 Å². The Bertz CT molecular complexity index is 125. The van der Waals surface area contributed by atoms with Crippen molar-refractivity contribution < 1.29 is 0 Å². The molecule has 0 aromatic heterocycles. The van der Waals surface area contributed by atoms with Crippen molar-refractivity contribution in [3.8, 4) is 0 Å². The molecule has 1 saturated carbocycles. The third-order valence-corrected chi connectivity index (χ3v) is 2.97. The molecule has 1 fully saturated rings. The molecule has 0 aliphatic heterocycles. The highest BCUT2D eigenvalue weighted by Crippen LogP contribution is 2.26. The molecular weight excluding hydrogens is 158 g/mol. The van der Waals surface area contributed by atoms with Gasteiger partial charge in [-0.1, -0.05) is 31.8 Å². The molecule has 0 aromatic rings. The summed E-state index contributed by atoms with van der Waals surface area (Å²) in [5, 5.41) is 3.50. The van der Waals surface area contributed by atoms with Crippen LogP contribution in [0.3, 0.4) is 0 Å². The van der Waals surface area contributed by atoms with Crippen molar-refractivity contribution in [2.24, 2.45) is 5.92 Å². The van der Waals surface area contributed by atoms with Crippen LogP contribution in [0.5, 0.6) is 0 Å². The van der Waals surface area contributed by atoms with E-state index >= 15 is 0 Å². The van der Waals surface area contributed by atoms with Crippen molar-refractivity contribution >= 4 is 0 Å². The molecule has 1 aliphatic rings. The molecule has 0 heterocycles. The number of unbranched alkanes of at least 4 members (excludes halogenated alkanes) is 1. The van der Waals surface area contributed by atoms with Crippen molar-refractivity contribution in [1.29, 1.82) is 0 Å². The molecule has 0 atom stereocenters. The number of hydrogen-bond donors (Lipinski definition) is 1. The van der Waals surface area contributed by atoms with E-state index in [2.05, 4.69) is 11.9 Å². The summed E-state index contributed by atoms with van der Waals surface area (Å²) in [5.41, 5.74) is 0. The molecule has 1 heteroatoms. The summed E-state index contributed by atoms with van der Waals surface area (Å²) < 4.78 is 0. The van der Waals surface area contributed by atoms with Crippen molar-refractivity contribution in [2.45, 2.75) is 44.9 Å². The largest absolute Gasteiger partial charge is 0.317 e. The summed E-state index contributed by atoms with van der Waals surface area (Å²) in [6.07, 6.45) is 11.7. The Kier molecular flexibility index (Phi) is 5.92. The lowest BCUT2D eigenvalue weighted by Gasteiger charge is -2.08. The average Bonchev–Trinajstić information content (AvgIpc) is 2.63. The Morgan fingerprint density at radius 2 is 2.00 bits per heavy atom. The predicted octanol–water partition coefficient (Wildman–Crippen LogP) is 3.12. The zero-order chi connectivity index (χ0) is 9.36. The first-order valence-electron chi connectivity index (χ1n) is 5.75. The summed E-state index contributed by atoms with van der Waals surface area (Å²) in [5.74, 6) is 1.03. The van der Waals surface area contributed by atoms with Crippen LogP contribution < -0.4 is 5.32 Å². The zero-order valence-electron chi connectivity index (χ0n) is 8.73. The van der Waals surface area contributed by atoms with Gasteiger partial charge in [-0.2, -0.15) is 0 Å². The Labute approximate surface area is 82.6 Å². The molecule has 0 spiro atoms. The van der Waals surface area contributed by atoms with E-state index in [0.29, 0.717) is 0 Å². The Hall–Kier alpha value is -0.300. The molecule has 0 bridgehead atoms. The zero-order valence-corrected chi connectivity index (χ0v) is 8.73. The first-order chi connectivity index (χ1) is 6.43. The lowest BCUT2D eigenvalue weighted by molar-refractivity contribution is 0.476. The van der Waals surface area contributed by atoms with Gasteiger partial charge in [-0.25, -0.2) is 0 Å². The van der Waals surface area contributed by atoms with E-state index in [-0.39, 0.29) is 0 Å². The minimum atomic E-state index is 1.03. The fourth-order valence-electron chi connectivity index (χ4n) is 2.10. The van der Waals surface area contributed by atoms with Gasteiger partial charge in [0.15, 0.2) is 0 Å². The maximum Gasteiger partial charge on any atom is -0.00460 e. The van der Waals surface area contributed by atoms with E-state index in [1.807, 2.05) is 6.08 Å². The van der Waals surface area contributed by atoms with Crippen LogP contribution in [-0.4, -0.2) is 13.1 Å². The van der Waals surface area contributed by atoms with Crippen molar-refractivity contribution in [3.05, 3.63) is 12.7 Å². The van der Waals surface area contributed by atoms with Crippen LogP contribution in [0.15, 0.2) is 12.7 Å². The van der Waals surface area contributed by atoms with Gasteiger partial charge in [0, 0.05) is 0 Å². The van der Waals surface area contributed by atoms with Gasteiger partial charge in [0.1, 0.15) is 0 Å². The van der Waals surface area contributed by atoms with E-state index in [1.54, 1.807) is 0 Å². The second kappa shape index (κ2) is 7.14. The SMILES string of the molecule is C=CCCCNCCC1CCCC1. The molecule has 0 radical (unpaired) electrons. The van der Waals surface area contributed by atoms with E-state index in [9.17, 15) is 0 Å². The Balaban J connectivity index is 1.80. The van der Waals surface area contributed by atoms with E-state index in [0.717, 1.165) is 12.3 Å². The maximum atomic E-state index is 3.71. The van der Waals surface area contributed by atoms with Gasteiger partial charge in [-0.15, -0.1) is 6.58 Å². The van der Waals surface area contributed by atoms with Gasteiger partial charge < -0.3 is 5.32 Å². The lowest BCUT2D eigenvalue weighted by atomic mass is 10.0. The quantitative estimate of drug-likeness (QED) is 0.470. The molecule has 0 saturated heterocycles. The number of allylic oxidation sites excluding steroid dienone is 1. The van der Waals surface area contributed by atoms with Crippen LogP contribution in [0.4, 0.5) is 0 Å². The van der Waals surface area contributed by atoms with Gasteiger partial charge in [-0.3, -0.25) is 0 Å². The fourth-order valence-corrected chi connectivity index (χ4v) is 2.10. The van der Waals surface area contributed by atoms with E-state index in [1.165, 1.54) is 51.6 Å². The number of rotatable bonds is 7. The highest BCUT2D eigenvalue weighted by Gasteiger charge is 2.13. The highest BCUT2D eigenvalue weighted by molar-refractivity contribution is 4.69. The van der Waals surface area contributed by atoms with Gasteiger partial charge >= 0.3 is 0 Å². The summed E-state index contributed by atoms with van der Waals surface area (Å²) in [4.78, 5) is 0. The molecule has 1 nitrogen and oxygen atoms in total. The molecule has 13 heavy (non-hydrogen) atoms. The predicted molar refractivity (Wildman–Crippen MR) is 58.9 cm³/mol. The molecule has 1 aliphatic carbocycles. The smallest absolute Gasteiger partial charge is 0.00460 e. The second-order valence-electron chi connectivity index (χ2n) is 4.12. The molecular formula is C12H23N. The third-order valence-electron chi connectivity index (χ3n) is 2.97. The van der Waals surface area contributed by atoms with Crippen molar-refractivity contribution in [3.63, 3.8) is 0 Å². The first kappa shape index (κ1) is 10.8. The van der Waals surface area contributed by atoms with Crippen LogP contribution >= 0.6 is 0 Å². The summed E-state index contributed by atoms with van der Waals surface area (Å²) in [7, 11) is 0. The highest BCUT2D eigenvalue weighted by atomic mass is 14.8. The lowest BCUT2D eigenvalue weighted by Crippen LogP contribution is -2.18. The molecule has 0 unspecified atom stereocenters. The fraction of sp³-hybridized carbons (Fsp3) is 0.833. The molecule has 1 rings (SSSR count). The monoisotopic (exact) mass is 181 g/mol. The van der Waals surface area contributed by atoms with Crippen LogP contribution in [0.2, 0.25) is 0 Å². The third kappa shape index (κ3) is 5.09. The minimum absolute atomic E-state index is 1.03.